The number of carbonyl (C=O) groups excluding carboxylic acids is 1. The minimum Gasteiger partial charge on any atom is -0.351 e. The van der Waals surface area contributed by atoms with Crippen molar-refractivity contribution in [2.45, 2.75) is 32.4 Å². The molecule has 1 aromatic rings. The maximum absolute atomic E-state index is 11.6. The molecule has 1 aromatic carbocycles. The summed E-state index contributed by atoms with van der Waals surface area (Å²) in [7, 11) is 0. The molecule has 6 heteroatoms. The van der Waals surface area contributed by atoms with Crippen molar-refractivity contribution < 1.29 is 9.72 Å². The Bertz CT molecular complexity index is 498. The van der Waals surface area contributed by atoms with E-state index < -0.39 is 4.92 Å². The third-order valence-corrected chi connectivity index (χ3v) is 3.22. The van der Waals surface area contributed by atoms with E-state index in [1.54, 1.807) is 19.1 Å². The van der Waals surface area contributed by atoms with Crippen LogP contribution in [0.2, 0.25) is 0 Å². The van der Waals surface area contributed by atoms with Crippen LogP contribution in [-0.2, 0) is 11.3 Å². The lowest BCUT2D eigenvalue weighted by Crippen LogP contribution is -2.34. The number of benzene rings is 1. The molecule has 2 N–H and O–H groups in total. The Morgan fingerprint density at radius 2 is 2.21 bits per heavy atom. The van der Waals surface area contributed by atoms with Crippen LogP contribution in [0.5, 0.6) is 0 Å². The zero-order valence-electron chi connectivity index (χ0n) is 10.8. The molecule has 0 spiro atoms. The molecule has 19 heavy (non-hydrogen) atoms. The molecule has 0 radical (unpaired) electrons. The van der Waals surface area contributed by atoms with Crippen molar-refractivity contribution in [2.75, 3.05) is 6.54 Å². The largest absolute Gasteiger partial charge is 0.351 e. The minimum atomic E-state index is -0.407. The standard InChI is InChI=1S/C13H17N3O3/c1-9-10(3-2-4-12(9)16(18)19)7-15-13(17)8-14-11-5-6-11/h2-4,11,14H,5-8H2,1H3,(H,15,17). The fourth-order valence-corrected chi connectivity index (χ4v) is 1.84. The van der Waals surface area contributed by atoms with Gasteiger partial charge in [0.1, 0.15) is 0 Å². The van der Waals surface area contributed by atoms with Gasteiger partial charge in [-0.1, -0.05) is 12.1 Å². The second kappa shape index (κ2) is 5.79. The van der Waals surface area contributed by atoms with E-state index in [1.165, 1.54) is 6.07 Å². The van der Waals surface area contributed by atoms with Gasteiger partial charge in [0, 0.05) is 24.2 Å². The number of amides is 1. The van der Waals surface area contributed by atoms with E-state index in [0.29, 0.717) is 24.7 Å². The number of nitrogens with one attached hydrogen (secondary N) is 2. The maximum Gasteiger partial charge on any atom is 0.272 e. The highest BCUT2D eigenvalue weighted by Crippen LogP contribution is 2.21. The molecule has 1 fully saturated rings. The number of rotatable bonds is 6. The smallest absolute Gasteiger partial charge is 0.272 e. The third kappa shape index (κ3) is 3.75. The summed E-state index contributed by atoms with van der Waals surface area (Å²) in [6.45, 7) is 2.32. The van der Waals surface area contributed by atoms with Gasteiger partial charge in [0.15, 0.2) is 0 Å². The summed E-state index contributed by atoms with van der Waals surface area (Å²) in [5.74, 6) is -0.0854. The number of hydrogen-bond acceptors (Lipinski definition) is 4. The SMILES string of the molecule is Cc1c(CNC(=O)CNC2CC2)cccc1[N+](=O)[O-]. The van der Waals surface area contributed by atoms with E-state index in [-0.39, 0.29) is 11.6 Å². The van der Waals surface area contributed by atoms with Gasteiger partial charge in [-0.2, -0.15) is 0 Å². The summed E-state index contributed by atoms with van der Waals surface area (Å²) in [5.41, 5.74) is 1.46. The van der Waals surface area contributed by atoms with Gasteiger partial charge in [-0.25, -0.2) is 0 Å². The zero-order chi connectivity index (χ0) is 13.8. The summed E-state index contributed by atoms with van der Waals surface area (Å²) in [5, 5.41) is 16.7. The van der Waals surface area contributed by atoms with E-state index in [2.05, 4.69) is 10.6 Å². The van der Waals surface area contributed by atoms with Gasteiger partial charge in [0.2, 0.25) is 5.91 Å². The predicted octanol–water partition coefficient (Wildman–Crippen LogP) is 1.27. The normalized spacial score (nSPS) is 14.2. The Labute approximate surface area is 111 Å². The van der Waals surface area contributed by atoms with Gasteiger partial charge in [0.05, 0.1) is 11.5 Å². The molecule has 1 aliphatic carbocycles. The van der Waals surface area contributed by atoms with Crippen molar-refractivity contribution in [3.05, 3.63) is 39.4 Å². The van der Waals surface area contributed by atoms with Crippen LogP contribution in [0.15, 0.2) is 18.2 Å². The van der Waals surface area contributed by atoms with Crippen molar-refractivity contribution in [2.24, 2.45) is 0 Å². The van der Waals surface area contributed by atoms with E-state index >= 15 is 0 Å². The molecule has 0 aromatic heterocycles. The summed E-state index contributed by atoms with van der Waals surface area (Å²) in [4.78, 5) is 22.0. The zero-order valence-corrected chi connectivity index (χ0v) is 10.8. The molecule has 6 nitrogen and oxygen atoms in total. The fourth-order valence-electron chi connectivity index (χ4n) is 1.84. The van der Waals surface area contributed by atoms with E-state index in [0.717, 1.165) is 18.4 Å². The third-order valence-electron chi connectivity index (χ3n) is 3.22. The van der Waals surface area contributed by atoms with Crippen LogP contribution in [0, 0.1) is 17.0 Å². The quantitative estimate of drug-likeness (QED) is 0.598. The summed E-state index contributed by atoms with van der Waals surface area (Å²) >= 11 is 0. The van der Waals surface area contributed by atoms with Gasteiger partial charge >= 0.3 is 0 Å². The number of nitrogens with zero attached hydrogens (tertiary/aromatic N) is 1. The number of nitro benzene ring substituents is 1. The van der Waals surface area contributed by atoms with Gasteiger partial charge in [-0.3, -0.25) is 14.9 Å². The molecule has 1 saturated carbocycles. The van der Waals surface area contributed by atoms with Gasteiger partial charge in [-0.15, -0.1) is 0 Å². The highest BCUT2D eigenvalue weighted by Gasteiger charge is 2.21. The number of nitro groups is 1. The van der Waals surface area contributed by atoms with Crippen molar-refractivity contribution in [1.29, 1.82) is 0 Å². The molecule has 1 amide bonds. The predicted molar refractivity (Wildman–Crippen MR) is 70.7 cm³/mol. The molecule has 0 heterocycles. The average molecular weight is 263 g/mol. The Balaban J connectivity index is 1.89. The topological polar surface area (TPSA) is 84.3 Å². The first-order chi connectivity index (χ1) is 9.08. The first-order valence-corrected chi connectivity index (χ1v) is 6.31. The molecule has 0 bridgehead atoms. The highest BCUT2D eigenvalue weighted by atomic mass is 16.6. The summed E-state index contributed by atoms with van der Waals surface area (Å²) in [6, 6.07) is 5.38. The first-order valence-electron chi connectivity index (χ1n) is 6.31. The van der Waals surface area contributed by atoms with Crippen LogP contribution in [0.3, 0.4) is 0 Å². The number of carbonyl (C=O) groups is 1. The van der Waals surface area contributed by atoms with Gasteiger partial charge < -0.3 is 10.6 Å². The van der Waals surface area contributed by atoms with Crippen LogP contribution in [0.1, 0.15) is 24.0 Å². The van der Waals surface area contributed by atoms with Crippen LogP contribution < -0.4 is 10.6 Å². The summed E-state index contributed by atoms with van der Waals surface area (Å²) in [6.07, 6.45) is 2.27. The second-order valence-corrected chi connectivity index (χ2v) is 4.75. The van der Waals surface area contributed by atoms with Gasteiger partial charge in [0.25, 0.3) is 5.69 Å². The molecule has 0 atom stereocenters. The van der Waals surface area contributed by atoms with E-state index in [1.807, 2.05) is 0 Å². The molecule has 2 rings (SSSR count). The Morgan fingerprint density at radius 3 is 2.84 bits per heavy atom. The van der Waals surface area contributed by atoms with E-state index in [4.69, 9.17) is 0 Å². The van der Waals surface area contributed by atoms with Crippen molar-refractivity contribution in [3.8, 4) is 0 Å². The molecule has 0 unspecified atom stereocenters. The van der Waals surface area contributed by atoms with Crippen molar-refractivity contribution >= 4 is 11.6 Å². The van der Waals surface area contributed by atoms with E-state index in [9.17, 15) is 14.9 Å². The van der Waals surface area contributed by atoms with Crippen LogP contribution in [0.4, 0.5) is 5.69 Å². The molecule has 0 aliphatic heterocycles. The van der Waals surface area contributed by atoms with Crippen LogP contribution >= 0.6 is 0 Å². The number of hydrogen-bond donors (Lipinski definition) is 2. The van der Waals surface area contributed by atoms with Gasteiger partial charge in [-0.05, 0) is 25.3 Å². The fraction of sp³-hybridized carbons (Fsp3) is 0.462. The Kier molecular flexibility index (Phi) is 4.11. The van der Waals surface area contributed by atoms with Crippen molar-refractivity contribution in [3.63, 3.8) is 0 Å². The average Bonchev–Trinajstić information content (AvgIpc) is 3.18. The molecule has 0 saturated heterocycles. The van der Waals surface area contributed by atoms with Crippen LogP contribution in [0.25, 0.3) is 0 Å². The van der Waals surface area contributed by atoms with Crippen molar-refractivity contribution in [1.82, 2.24) is 10.6 Å². The minimum absolute atomic E-state index is 0.0854. The lowest BCUT2D eigenvalue weighted by molar-refractivity contribution is -0.385. The lowest BCUT2D eigenvalue weighted by Gasteiger charge is -2.08. The monoisotopic (exact) mass is 263 g/mol. The second-order valence-electron chi connectivity index (χ2n) is 4.75. The summed E-state index contributed by atoms with van der Waals surface area (Å²) < 4.78 is 0. The molecule has 102 valence electrons. The molecule has 1 aliphatic rings. The Hall–Kier alpha value is -1.95. The van der Waals surface area contributed by atoms with Crippen LogP contribution in [-0.4, -0.2) is 23.4 Å². The Morgan fingerprint density at radius 1 is 1.47 bits per heavy atom. The lowest BCUT2D eigenvalue weighted by atomic mass is 10.1. The molecular weight excluding hydrogens is 246 g/mol. The maximum atomic E-state index is 11.6. The highest BCUT2D eigenvalue weighted by molar-refractivity contribution is 5.78. The molecular formula is C13H17N3O3. The first kappa shape index (κ1) is 13.5.